The average Bonchev–Trinajstić information content (AvgIpc) is 2.18. The normalized spacial score (nSPS) is 11.9. The van der Waals surface area contributed by atoms with Gasteiger partial charge in [-0.15, -0.1) is 0 Å². The second kappa shape index (κ2) is 10.1. The predicted molar refractivity (Wildman–Crippen MR) is 74.0 cm³/mol. The molecule has 0 aromatic rings. The zero-order valence-corrected chi connectivity index (χ0v) is 12.6. The molecule has 0 bridgehead atoms. The molecule has 0 aliphatic rings. The van der Waals surface area contributed by atoms with Gasteiger partial charge in [-0.25, -0.2) is 0 Å². The van der Waals surface area contributed by atoms with Crippen molar-refractivity contribution < 1.29 is 9.09 Å². The molecule has 0 saturated heterocycles. The van der Waals surface area contributed by atoms with E-state index in [9.17, 15) is 4.57 Å². The van der Waals surface area contributed by atoms with E-state index >= 15 is 0 Å². The Morgan fingerprint density at radius 1 is 1.00 bits per heavy atom. The van der Waals surface area contributed by atoms with Crippen molar-refractivity contribution >= 4 is 28.5 Å². The van der Waals surface area contributed by atoms with Gasteiger partial charge in [0.1, 0.15) is 0 Å². The van der Waals surface area contributed by atoms with Crippen LogP contribution in [0.25, 0.3) is 0 Å². The van der Waals surface area contributed by atoms with Gasteiger partial charge < -0.3 is 4.52 Å². The van der Waals surface area contributed by atoms with Crippen LogP contribution in [0, 0.1) is 0 Å². The summed E-state index contributed by atoms with van der Waals surface area (Å²) in [5, 5.41) is 0. The van der Waals surface area contributed by atoms with Gasteiger partial charge in [-0.1, -0.05) is 62.8 Å². The first-order chi connectivity index (χ1) is 7.18. The van der Waals surface area contributed by atoms with Crippen molar-refractivity contribution in [3.63, 3.8) is 0 Å². The van der Waals surface area contributed by atoms with E-state index in [-0.39, 0.29) is 0 Å². The van der Waals surface area contributed by atoms with E-state index in [2.05, 4.69) is 6.92 Å². The molecule has 15 heavy (non-hydrogen) atoms. The van der Waals surface area contributed by atoms with Crippen LogP contribution in [0.1, 0.15) is 46.5 Å². The molecule has 0 saturated carbocycles. The molecule has 0 unspecified atom stereocenters. The minimum Gasteiger partial charge on any atom is -0.314 e. The smallest absolute Gasteiger partial charge is 0.313 e. The van der Waals surface area contributed by atoms with Crippen molar-refractivity contribution in [2.45, 2.75) is 46.5 Å². The second-order valence-electron chi connectivity index (χ2n) is 3.18. The van der Waals surface area contributed by atoms with Crippen LogP contribution in [-0.4, -0.2) is 18.1 Å². The summed E-state index contributed by atoms with van der Waals surface area (Å²) in [7, 11) is 0. The summed E-state index contributed by atoms with van der Waals surface area (Å²) in [5.74, 6) is -0.714. The molecule has 0 aromatic carbocycles. The monoisotopic (exact) mass is 270 g/mol. The van der Waals surface area contributed by atoms with E-state index in [1.165, 1.54) is 42.0 Å². The molecule has 0 aliphatic heterocycles. The fourth-order valence-electron chi connectivity index (χ4n) is 1.13. The highest BCUT2D eigenvalue weighted by molar-refractivity contribution is 8.89. The Bertz CT molecular complexity index is 178. The SMILES string of the molecule is CCCCCCOP(=O)(SCC)SCC. The Hall–Kier alpha value is 0.890. The van der Waals surface area contributed by atoms with Crippen LogP contribution in [0.15, 0.2) is 0 Å². The minimum atomic E-state index is -2.43. The molecule has 0 aromatic heterocycles. The zero-order valence-electron chi connectivity index (χ0n) is 10.0. The van der Waals surface area contributed by atoms with E-state index in [0.717, 1.165) is 17.9 Å². The van der Waals surface area contributed by atoms with E-state index in [0.29, 0.717) is 6.61 Å². The van der Waals surface area contributed by atoms with Gasteiger partial charge in [-0.05, 0) is 6.42 Å². The first-order valence-electron chi connectivity index (χ1n) is 5.72. The van der Waals surface area contributed by atoms with Crippen molar-refractivity contribution in [3.8, 4) is 0 Å². The average molecular weight is 270 g/mol. The van der Waals surface area contributed by atoms with Gasteiger partial charge >= 0.3 is 5.77 Å². The highest BCUT2D eigenvalue weighted by Gasteiger charge is 2.22. The molecule has 0 spiro atoms. The van der Waals surface area contributed by atoms with Gasteiger partial charge in [-0.2, -0.15) is 0 Å². The third kappa shape index (κ3) is 8.67. The Morgan fingerprint density at radius 3 is 2.07 bits per heavy atom. The maximum atomic E-state index is 12.1. The van der Waals surface area contributed by atoms with Gasteiger partial charge in [0, 0.05) is 11.5 Å². The molecule has 2 nitrogen and oxygen atoms in total. The largest absolute Gasteiger partial charge is 0.314 e. The third-order valence-corrected chi connectivity index (χ3v) is 9.45. The minimum absolute atomic E-state index is 0.650. The van der Waals surface area contributed by atoms with Crippen LogP contribution < -0.4 is 0 Å². The molecule has 0 amide bonds. The lowest BCUT2D eigenvalue weighted by atomic mass is 10.2. The van der Waals surface area contributed by atoms with Crippen LogP contribution in [0.3, 0.4) is 0 Å². The fraction of sp³-hybridized carbons (Fsp3) is 1.00. The first-order valence-corrected chi connectivity index (χ1v) is 10.5. The molecule has 0 aliphatic carbocycles. The molecular weight excluding hydrogens is 247 g/mol. The van der Waals surface area contributed by atoms with E-state index in [1.807, 2.05) is 13.8 Å². The Labute approximate surface area is 102 Å². The highest BCUT2D eigenvalue weighted by atomic mass is 33.1. The summed E-state index contributed by atoms with van der Waals surface area (Å²) in [4.78, 5) is 0. The lowest BCUT2D eigenvalue weighted by molar-refractivity contribution is 0.322. The standard InChI is InChI=1S/C10H23O2PS2/c1-4-7-8-9-10-12-13(11,14-5-2)15-6-3/h4-10H2,1-3H3. The fourth-order valence-corrected chi connectivity index (χ4v) is 7.93. The summed E-state index contributed by atoms with van der Waals surface area (Å²) in [5.41, 5.74) is 0. The predicted octanol–water partition coefficient (Wildman–Crippen LogP) is 5.20. The number of hydrogen-bond donors (Lipinski definition) is 0. The summed E-state index contributed by atoms with van der Waals surface area (Å²) in [6, 6.07) is 0. The van der Waals surface area contributed by atoms with Crippen LogP contribution >= 0.6 is 28.5 Å². The van der Waals surface area contributed by atoms with E-state index in [4.69, 9.17) is 4.52 Å². The lowest BCUT2D eigenvalue weighted by Gasteiger charge is -2.15. The van der Waals surface area contributed by atoms with E-state index < -0.39 is 5.77 Å². The van der Waals surface area contributed by atoms with Gasteiger partial charge in [0.2, 0.25) is 0 Å². The van der Waals surface area contributed by atoms with Crippen LogP contribution in [0.5, 0.6) is 0 Å². The second-order valence-corrected chi connectivity index (χ2v) is 11.1. The lowest BCUT2D eigenvalue weighted by Crippen LogP contribution is -1.90. The van der Waals surface area contributed by atoms with Crippen molar-refractivity contribution in [1.29, 1.82) is 0 Å². The van der Waals surface area contributed by atoms with Crippen molar-refractivity contribution in [3.05, 3.63) is 0 Å². The number of rotatable bonds is 10. The molecule has 5 heteroatoms. The molecule has 0 fully saturated rings. The van der Waals surface area contributed by atoms with Gasteiger partial charge in [-0.3, -0.25) is 4.57 Å². The molecule has 0 radical (unpaired) electrons. The highest BCUT2D eigenvalue weighted by Crippen LogP contribution is 2.69. The number of hydrogen-bond acceptors (Lipinski definition) is 4. The molecule has 0 atom stereocenters. The zero-order chi connectivity index (χ0) is 11.6. The van der Waals surface area contributed by atoms with Crippen molar-refractivity contribution in [2.75, 3.05) is 18.1 Å². The first kappa shape index (κ1) is 15.9. The van der Waals surface area contributed by atoms with E-state index in [1.54, 1.807) is 0 Å². The topological polar surface area (TPSA) is 26.3 Å². The third-order valence-electron chi connectivity index (χ3n) is 1.82. The molecule has 0 rings (SSSR count). The van der Waals surface area contributed by atoms with Crippen molar-refractivity contribution in [2.24, 2.45) is 0 Å². The maximum Gasteiger partial charge on any atom is 0.313 e. The quantitative estimate of drug-likeness (QED) is 0.403. The summed E-state index contributed by atoms with van der Waals surface area (Å²) < 4.78 is 17.7. The van der Waals surface area contributed by atoms with Gasteiger partial charge in [0.25, 0.3) is 0 Å². The maximum absolute atomic E-state index is 12.1. The van der Waals surface area contributed by atoms with Gasteiger partial charge in [0.05, 0.1) is 6.61 Å². The Kier molecular flexibility index (Phi) is 10.7. The molecular formula is C10H23O2PS2. The van der Waals surface area contributed by atoms with Crippen LogP contribution in [-0.2, 0) is 9.09 Å². The molecule has 0 N–H and O–H groups in total. The van der Waals surface area contributed by atoms with Crippen molar-refractivity contribution in [1.82, 2.24) is 0 Å². The van der Waals surface area contributed by atoms with Crippen LogP contribution in [0.4, 0.5) is 0 Å². The summed E-state index contributed by atoms with van der Waals surface area (Å²) in [6.45, 7) is 6.88. The molecule has 0 heterocycles. The number of unbranched alkanes of at least 4 members (excludes halogenated alkanes) is 3. The van der Waals surface area contributed by atoms with Crippen LogP contribution in [0.2, 0.25) is 0 Å². The van der Waals surface area contributed by atoms with Gasteiger partial charge in [0.15, 0.2) is 0 Å². The molecule has 92 valence electrons. The summed E-state index contributed by atoms with van der Waals surface area (Å²) in [6.07, 6.45) is 4.69. The summed E-state index contributed by atoms with van der Waals surface area (Å²) >= 11 is 2.93. The Balaban J connectivity index is 3.71. The Morgan fingerprint density at radius 2 is 1.60 bits per heavy atom.